The van der Waals surface area contributed by atoms with Crippen molar-refractivity contribution >= 4 is 17.8 Å². The molecule has 2 rings (SSSR count). The number of aliphatic carboxylic acids is 1. The molecule has 2 amide bonds. The summed E-state index contributed by atoms with van der Waals surface area (Å²) in [5.41, 5.74) is 2.39. The van der Waals surface area contributed by atoms with Crippen LogP contribution in [0.4, 0.5) is 0 Å². The van der Waals surface area contributed by atoms with Crippen LogP contribution in [-0.4, -0.2) is 35.0 Å². The Morgan fingerprint density at radius 3 is 2.07 bits per heavy atom. The minimum atomic E-state index is -1.10. The van der Waals surface area contributed by atoms with E-state index in [0.717, 1.165) is 11.1 Å². The third-order valence-corrected chi connectivity index (χ3v) is 4.45. The highest BCUT2D eigenvalue weighted by Gasteiger charge is 2.28. The Morgan fingerprint density at radius 1 is 0.929 bits per heavy atom. The maximum absolute atomic E-state index is 12.8. The van der Waals surface area contributed by atoms with Gasteiger partial charge in [0.05, 0.1) is 0 Å². The van der Waals surface area contributed by atoms with Crippen LogP contribution in [0.5, 0.6) is 0 Å². The summed E-state index contributed by atoms with van der Waals surface area (Å²) in [6.07, 6.45) is 0.259. The molecule has 0 heterocycles. The standard InChI is InChI=1S/C22H26N2O4/c1-14(2)19(22(27)28)24-21(26)18(13-16-11-9-15(3)10-12-16)23-20(25)17-7-5-4-6-8-17/h4-12,14,18-19H,13H2,1-3H3,(H,23,25)(H,24,26)(H,27,28). The molecule has 0 saturated carbocycles. The second-order valence-corrected chi connectivity index (χ2v) is 7.15. The van der Waals surface area contributed by atoms with E-state index >= 15 is 0 Å². The number of carbonyl (C=O) groups excluding carboxylic acids is 2. The normalized spacial score (nSPS) is 12.9. The fourth-order valence-corrected chi connectivity index (χ4v) is 2.77. The van der Waals surface area contributed by atoms with Gasteiger partial charge in [0.1, 0.15) is 12.1 Å². The van der Waals surface area contributed by atoms with Crippen molar-refractivity contribution in [3.05, 3.63) is 71.3 Å². The molecule has 0 aliphatic carbocycles. The Balaban J connectivity index is 2.21. The van der Waals surface area contributed by atoms with E-state index in [4.69, 9.17) is 0 Å². The van der Waals surface area contributed by atoms with Crippen molar-refractivity contribution in [3.63, 3.8) is 0 Å². The zero-order valence-corrected chi connectivity index (χ0v) is 16.3. The monoisotopic (exact) mass is 382 g/mol. The first-order valence-corrected chi connectivity index (χ1v) is 9.22. The number of carboxylic acids is 1. The zero-order valence-electron chi connectivity index (χ0n) is 16.3. The topological polar surface area (TPSA) is 95.5 Å². The smallest absolute Gasteiger partial charge is 0.326 e. The maximum atomic E-state index is 12.8. The van der Waals surface area contributed by atoms with E-state index in [-0.39, 0.29) is 18.2 Å². The maximum Gasteiger partial charge on any atom is 0.326 e. The van der Waals surface area contributed by atoms with E-state index < -0.39 is 24.0 Å². The lowest BCUT2D eigenvalue weighted by Gasteiger charge is -2.23. The molecular formula is C22H26N2O4. The van der Waals surface area contributed by atoms with Crippen LogP contribution in [0.25, 0.3) is 0 Å². The molecule has 0 aromatic heterocycles. The number of aryl methyl sites for hydroxylation is 1. The van der Waals surface area contributed by atoms with Gasteiger partial charge in [-0.25, -0.2) is 4.79 Å². The number of rotatable bonds is 8. The highest BCUT2D eigenvalue weighted by Crippen LogP contribution is 2.09. The van der Waals surface area contributed by atoms with Crippen LogP contribution >= 0.6 is 0 Å². The van der Waals surface area contributed by atoms with Crippen molar-refractivity contribution in [2.75, 3.05) is 0 Å². The van der Waals surface area contributed by atoms with Gasteiger partial charge in [0, 0.05) is 12.0 Å². The quantitative estimate of drug-likeness (QED) is 0.654. The molecule has 28 heavy (non-hydrogen) atoms. The van der Waals surface area contributed by atoms with E-state index in [1.54, 1.807) is 44.2 Å². The molecule has 6 nitrogen and oxygen atoms in total. The van der Waals surface area contributed by atoms with Crippen molar-refractivity contribution in [3.8, 4) is 0 Å². The van der Waals surface area contributed by atoms with Crippen LogP contribution in [0.1, 0.15) is 35.3 Å². The number of nitrogens with one attached hydrogen (secondary N) is 2. The van der Waals surface area contributed by atoms with Crippen LogP contribution in [-0.2, 0) is 16.0 Å². The highest BCUT2D eigenvalue weighted by atomic mass is 16.4. The lowest BCUT2D eigenvalue weighted by molar-refractivity contribution is -0.143. The molecule has 0 bridgehead atoms. The second kappa shape index (κ2) is 9.69. The van der Waals surface area contributed by atoms with Crippen molar-refractivity contribution in [1.82, 2.24) is 10.6 Å². The summed E-state index contributed by atoms with van der Waals surface area (Å²) in [5, 5.41) is 14.6. The number of amides is 2. The van der Waals surface area contributed by atoms with E-state index in [0.29, 0.717) is 5.56 Å². The summed E-state index contributed by atoms with van der Waals surface area (Å²) in [6, 6.07) is 14.3. The molecule has 6 heteroatoms. The molecule has 2 aromatic carbocycles. The molecule has 0 radical (unpaired) electrons. The number of carboxylic acid groups (broad SMARTS) is 1. The van der Waals surface area contributed by atoms with Crippen LogP contribution in [0.2, 0.25) is 0 Å². The van der Waals surface area contributed by atoms with Crippen molar-refractivity contribution in [2.45, 2.75) is 39.3 Å². The van der Waals surface area contributed by atoms with Gasteiger partial charge in [-0.15, -0.1) is 0 Å². The van der Waals surface area contributed by atoms with Crippen LogP contribution < -0.4 is 10.6 Å². The summed E-state index contributed by atoms with van der Waals surface area (Å²) in [5.74, 6) is -2.30. The highest BCUT2D eigenvalue weighted by molar-refractivity contribution is 5.98. The number of carbonyl (C=O) groups is 3. The average molecular weight is 382 g/mol. The predicted octanol–water partition coefficient (Wildman–Crippen LogP) is 2.56. The Morgan fingerprint density at radius 2 is 1.54 bits per heavy atom. The SMILES string of the molecule is Cc1ccc(CC(NC(=O)c2ccccc2)C(=O)NC(C(=O)O)C(C)C)cc1. The fraction of sp³-hybridized carbons (Fsp3) is 0.318. The Hall–Kier alpha value is -3.15. The van der Waals surface area contributed by atoms with E-state index in [9.17, 15) is 19.5 Å². The van der Waals surface area contributed by atoms with Crippen molar-refractivity contribution in [2.24, 2.45) is 5.92 Å². The first-order chi connectivity index (χ1) is 13.3. The molecule has 0 spiro atoms. The first-order valence-electron chi connectivity index (χ1n) is 9.22. The fourth-order valence-electron chi connectivity index (χ4n) is 2.77. The van der Waals surface area contributed by atoms with E-state index in [1.165, 1.54) is 0 Å². The van der Waals surface area contributed by atoms with Gasteiger partial charge in [0.25, 0.3) is 5.91 Å². The molecule has 0 saturated heterocycles. The summed E-state index contributed by atoms with van der Waals surface area (Å²) in [4.78, 5) is 36.8. The van der Waals surface area contributed by atoms with E-state index in [1.807, 2.05) is 31.2 Å². The summed E-state index contributed by atoms with van der Waals surface area (Å²) >= 11 is 0. The average Bonchev–Trinajstić information content (AvgIpc) is 2.67. The third kappa shape index (κ3) is 5.94. The van der Waals surface area contributed by atoms with Gasteiger partial charge >= 0.3 is 5.97 Å². The zero-order chi connectivity index (χ0) is 20.7. The number of hydrogen-bond donors (Lipinski definition) is 3. The Labute approximate surface area is 165 Å². The van der Waals surface area contributed by atoms with Crippen molar-refractivity contribution < 1.29 is 19.5 Å². The molecular weight excluding hydrogens is 356 g/mol. The first kappa shape index (κ1) is 21.2. The molecule has 148 valence electrons. The number of benzene rings is 2. The largest absolute Gasteiger partial charge is 0.480 e. The van der Waals surface area contributed by atoms with Gasteiger partial charge < -0.3 is 15.7 Å². The molecule has 0 fully saturated rings. The number of hydrogen-bond acceptors (Lipinski definition) is 3. The molecule has 0 aliphatic heterocycles. The minimum absolute atomic E-state index is 0.259. The van der Waals surface area contributed by atoms with Gasteiger partial charge in [0.2, 0.25) is 5.91 Å². The molecule has 3 N–H and O–H groups in total. The van der Waals surface area contributed by atoms with Gasteiger partial charge in [-0.2, -0.15) is 0 Å². The summed E-state index contributed by atoms with van der Waals surface area (Å²) < 4.78 is 0. The van der Waals surface area contributed by atoms with Gasteiger partial charge in [-0.1, -0.05) is 61.9 Å². The summed E-state index contributed by atoms with van der Waals surface area (Å²) in [7, 11) is 0. The molecule has 2 atom stereocenters. The molecule has 0 aliphatic rings. The second-order valence-electron chi connectivity index (χ2n) is 7.15. The lowest BCUT2D eigenvalue weighted by atomic mass is 10.0. The van der Waals surface area contributed by atoms with Crippen LogP contribution in [0.15, 0.2) is 54.6 Å². The Kier molecular flexibility index (Phi) is 7.32. The van der Waals surface area contributed by atoms with Gasteiger partial charge in [-0.3, -0.25) is 9.59 Å². The molecule has 2 unspecified atom stereocenters. The van der Waals surface area contributed by atoms with Gasteiger partial charge in [0.15, 0.2) is 0 Å². The minimum Gasteiger partial charge on any atom is -0.480 e. The van der Waals surface area contributed by atoms with Crippen molar-refractivity contribution in [1.29, 1.82) is 0 Å². The van der Waals surface area contributed by atoms with E-state index in [2.05, 4.69) is 10.6 Å². The third-order valence-electron chi connectivity index (χ3n) is 4.45. The van der Waals surface area contributed by atoms with Crippen LogP contribution in [0.3, 0.4) is 0 Å². The molecule has 2 aromatic rings. The van der Waals surface area contributed by atoms with Gasteiger partial charge in [-0.05, 0) is 30.5 Å². The Bertz CT molecular complexity index is 816. The lowest BCUT2D eigenvalue weighted by Crippen LogP contribution is -2.53. The summed E-state index contributed by atoms with van der Waals surface area (Å²) in [6.45, 7) is 5.40. The predicted molar refractivity (Wildman–Crippen MR) is 107 cm³/mol. The van der Waals surface area contributed by atoms with Crippen LogP contribution in [0, 0.1) is 12.8 Å².